The molecule has 4 heterocycles. The number of unbranched alkanes of at least 4 members (excludes halogenated alkanes) is 11. The normalized spacial score (nSPS) is 19.1. The number of hydrogen-bond acceptors (Lipinski definition) is 9. The number of aliphatic hydroxyl groups is 1. The van der Waals surface area contributed by atoms with Crippen LogP contribution in [-0.4, -0.2) is 103 Å². The van der Waals surface area contributed by atoms with E-state index in [1.165, 1.54) is 76.1 Å². The number of hydrogen-bond donors (Lipinski definition) is 1. The average Bonchev–Trinajstić information content (AvgIpc) is 3.22. The van der Waals surface area contributed by atoms with Gasteiger partial charge >= 0.3 is 0 Å². The molecule has 3 aromatic rings. The van der Waals surface area contributed by atoms with E-state index in [9.17, 15) is 17.7 Å². The lowest BCUT2D eigenvalue weighted by molar-refractivity contribution is 0.0289. The molecule has 12 heteroatoms. The minimum Gasteiger partial charge on any atom is -0.491 e. The molecular weight excluding hydrogens is 760 g/mol. The maximum Gasteiger partial charge on any atom is 0.210 e. The van der Waals surface area contributed by atoms with Crippen LogP contribution in [0.15, 0.2) is 57.3 Å². The van der Waals surface area contributed by atoms with Gasteiger partial charge in [-0.3, -0.25) is 9.19 Å². The highest BCUT2D eigenvalue weighted by atomic mass is 32.2. The zero-order valence-corrected chi connectivity index (χ0v) is 36.1. The van der Waals surface area contributed by atoms with Crippen molar-refractivity contribution in [1.82, 2.24) is 14.8 Å². The third kappa shape index (κ3) is 11.8. The number of anilines is 1. The van der Waals surface area contributed by atoms with Crippen LogP contribution in [0, 0.1) is 5.82 Å². The van der Waals surface area contributed by atoms with E-state index in [1.54, 1.807) is 24.5 Å². The van der Waals surface area contributed by atoms with Crippen LogP contribution in [0.2, 0.25) is 0 Å². The lowest BCUT2D eigenvalue weighted by Crippen LogP contribution is -2.52. The molecule has 1 atom stereocenters. The standard InChI is InChI=1S/C45H67FN4O5S2/c1-3-4-5-6-7-8-9-10-11-12-13-14-31-55-43-18-16-39(33-41(43)46)57(53,54)44-34-47-42-17-15-38(56(2)52)32-40(42)45(44)50-27-21-36(22-28-50)48-25-19-35(20-26-48)49-29-23-37(51)24-30-49/h15-18,32-37,51H,3-14,19-31H2,1-2H3. The van der Waals surface area contributed by atoms with Crippen LogP contribution in [0.5, 0.6) is 5.75 Å². The number of halogens is 1. The van der Waals surface area contributed by atoms with Crippen LogP contribution < -0.4 is 9.64 Å². The van der Waals surface area contributed by atoms with Gasteiger partial charge < -0.3 is 24.5 Å². The molecule has 0 aliphatic carbocycles. The molecule has 0 amide bonds. The van der Waals surface area contributed by atoms with Gasteiger partial charge in [0, 0.05) is 71.8 Å². The van der Waals surface area contributed by atoms with Crippen molar-refractivity contribution in [3.8, 4) is 5.75 Å². The van der Waals surface area contributed by atoms with E-state index < -0.39 is 26.5 Å². The van der Waals surface area contributed by atoms with Gasteiger partial charge in [-0.05, 0) is 94.4 Å². The van der Waals surface area contributed by atoms with Gasteiger partial charge in [-0.1, -0.05) is 77.6 Å². The van der Waals surface area contributed by atoms with Crippen molar-refractivity contribution in [1.29, 1.82) is 0 Å². The molecule has 1 aromatic heterocycles. The first-order valence-electron chi connectivity index (χ1n) is 22.0. The lowest BCUT2D eigenvalue weighted by Gasteiger charge is -2.45. The van der Waals surface area contributed by atoms with Crippen LogP contribution in [0.4, 0.5) is 10.1 Å². The maximum atomic E-state index is 15.5. The SMILES string of the molecule is CCCCCCCCCCCCCCOc1ccc(S(=O)(=O)c2cnc3ccc(S(C)=O)cc3c2N2CCC(N3CCC(N4CCC(O)CC4)CC3)CC2)cc1F. The fourth-order valence-electron chi connectivity index (χ4n) is 9.18. The highest BCUT2D eigenvalue weighted by Crippen LogP contribution is 2.39. The first kappa shape index (κ1) is 43.9. The summed E-state index contributed by atoms with van der Waals surface area (Å²) in [6.07, 6.45) is 23.4. The van der Waals surface area contributed by atoms with Gasteiger partial charge in [-0.2, -0.15) is 0 Å². The number of sulfone groups is 1. The van der Waals surface area contributed by atoms with Crippen molar-refractivity contribution < 1.29 is 26.9 Å². The van der Waals surface area contributed by atoms with E-state index in [0.29, 0.717) is 53.3 Å². The molecule has 1 unspecified atom stereocenters. The van der Waals surface area contributed by atoms with E-state index in [2.05, 4.69) is 26.6 Å². The van der Waals surface area contributed by atoms with E-state index in [-0.39, 0.29) is 21.6 Å². The minimum absolute atomic E-state index is 0.0320. The summed E-state index contributed by atoms with van der Waals surface area (Å²) in [5, 5.41) is 10.6. The predicted molar refractivity (Wildman–Crippen MR) is 229 cm³/mol. The average molecular weight is 827 g/mol. The van der Waals surface area contributed by atoms with Gasteiger partial charge in [0.25, 0.3) is 0 Å². The molecule has 1 N–H and O–H groups in total. The van der Waals surface area contributed by atoms with E-state index >= 15 is 4.39 Å². The summed E-state index contributed by atoms with van der Waals surface area (Å²) >= 11 is 0. The van der Waals surface area contributed by atoms with E-state index in [4.69, 9.17) is 4.74 Å². The smallest absolute Gasteiger partial charge is 0.210 e. The second-order valence-electron chi connectivity index (χ2n) is 16.7. The van der Waals surface area contributed by atoms with Crippen molar-refractivity contribution >= 4 is 37.2 Å². The molecule has 3 fully saturated rings. The molecule has 3 aliphatic heterocycles. The lowest BCUT2D eigenvalue weighted by atomic mass is 9.95. The van der Waals surface area contributed by atoms with E-state index in [1.807, 2.05) is 0 Å². The summed E-state index contributed by atoms with van der Waals surface area (Å²) in [5.41, 5.74) is 1.17. The summed E-state index contributed by atoms with van der Waals surface area (Å²) in [6, 6.07) is 10.3. The molecule has 0 radical (unpaired) electrons. The first-order valence-corrected chi connectivity index (χ1v) is 25.0. The van der Waals surface area contributed by atoms with Gasteiger partial charge in [-0.15, -0.1) is 0 Å². The summed E-state index contributed by atoms with van der Waals surface area (Å²) in [4.78, 5) is 12.4. The van der Waals surface area contributed by atoms with Crippen molar-refractivity contribution in [3.05, 3.63) is 48.4 Å². The quantitative estimate of drug-likeness (QED) is 0.112. The molecule has 57 heavy (non-hydrogen) atoms. The fourth-order valence-corrected chi connectivity index (χ4v) is 11.2. The van der Waals surface area contributed by atoms with Gasteiger partial charge in [-0.25, -0.2) is 12.8 Å². The number of pyridine rings is 1. The number of aromatic nitrogens is 1. The number of nitrogens with zero attached hydrogens (tertiary/aromatic N) is 4. The van der Waals surface area contributed by atoms with Gasteiger partial charge in [0.2, 0.25) is 9.84 Å². The maximum absolute atomic E-state index is 15.5. The van der Waals surface area contributed by atoms with Crippen molar-refractivity contribution in [2.24, 2.45) is 0 Å². The Morgan fingerprint density at radius 3 is 1.91 bits per heavy atom. The summed E-state index contributed by atoms with van der Waals surface area (Å²) in [5.74, 6) is -0.638. The zero-order chi connectivity index (χ0) is 40.2. The topological polar surface area (TPSA) is 103 Å². The highest BCUT2D eigenvalue weighted by Gasteiger charge is 2.34. The molecule has 316 valence electrons. The third-order valence-electron chi connectivity index (χ3n) is 12.7. The first-order chi connectivity index (χ1) is 27.7. The van der Waals surface area contributed by atoms with Crippen LogP contribution in [0.3, 0.4) is 0 Å². The molecular formula is C45H67FN4O5S2. The molecule has 0 saturated carbocycles. The van der Waals surface area contributed by atoms with Crippen LogP contribution in [0.25, 0.3) is 10.9 Å². The highest BCUT2D eigenvalue weighted by molar-refractivity contribution is 7.91. The predicted octanol–water partition coefficient (Wildman–Crippen LogP) is 8.91. The summed E-state index contributed by atoms with van der Waals surface area (Å²) in [6.45, 7) is 8.01. The van der Waals surface area contributed by atoms with E-state index in [0.717, 1.165) is 90.0 Å². The number of piperidine rings is 3. The Labute approximate surface area is 344 Å². The molecule has 0 spiro atoms. The van der Waals surface area contributed by atoms with Crippen molar-refractivity contribution in [2.45, 2.75) is 155 Å². The second-order valence-corrected chi connectivity index (χ2v) is 20.0. The summed E-state index contributed by atoms with van der Waals surface area (Å²) in [7, 11) is -5.47. The van der Waals surface area contributed by atoms with Crippen LogP contribution >= 0.6 is 0 Å². The minimum atomic E-state index is -4.19. The van der Waals surface area contributed by atoms with Gasteiger partial charge in [0.1, 0.15) is 4.90 Å². The molecule has 3 saturated heterocycles. The third-order valence-corrected chi connectivity index (χ3v) is 15.3. The molecule has 2 aromatic carbocycles. The molecule has 9 nitrogen and oxygen atoms in total. The summed E-state index contributed by atoms with van der Waals surface area (Å²) < 4.78 is 62.8. The Morgan fingerprint density at radius 2 is 1.33 bits per heavy atom. The molecule has 6 rings (SSSR count). The number of aliphatic hydroxyl groups excluding tert-OH is 1. The molecule has 0 bridgehead atoms. The monoisotopic (exact) mass is 826 g/mol. The van der Waals surface area contributed by atoms with Gasteiger partial charge in [0.15, 0.2) is 11.6 Å². The van der Waals surface area contributed by atoms with Crippen LogP contribution in [-0.2, 0) is 20.6 Å². The Bertz CT molecular complexity index is 1860. The second kappa shape index (κ2) is 21.6. The van der Waals surface area contributed by atoms with Gasteiger partial charge in [0.05, 0.1) is 28.8 Å². The number of ether oxygens (including phenoxy) is 1. The number of rotatable bonds is 20. The Morgan fingerprint density at radius 1 is 0.772 bits per heavy atom. The number of benzene rings is 2. The Balaban J connectivity index is 1.08. The Hall–Kier alpha value is -2.64. The van der Waals surface area contributed by atoms with Crippen molar-refractivity contribution in [2.75, 3.05) is 57.0 Å². The number of fused-ring (bicyclic) bond motifs is 1. The van der Waals surface area contributed by atoms with Crippen LogP contribution in [0.1, 0.15) is 122 Å². The van der Waals surface area contributed by atoms with Crippen molar-refractivity contribution in [3.63, 3.8) is 0 Å². The Kier molecular flexibility index (Phi) is 16.6. The zero-order valence-electron chi connectivity index (χ0n) is 34.5. The molecule has 3 aliphatic rings. The number of likely N-dealkylation sites (tertiary alicyclic amines) is 2. The fraction of sp³-hybridized carbons (Fsp3) is 0.667. The largest absolute Gasteiger partial charge is 0.491 e.